The maximum absolute atomic E-state index is 13.4. The van der Waals surface area contributed by atoms with Gasteiger partial charge in [-0.15, -0.1) is 0 Å². The molecule has 2 aliphatic heterocycles. The Balaban J connectivity index is 1.53. The summed E-state index contributed by atoms with van der Waals surface area (Å²) < 4.78 is 45.5. The van der Waals surface area contributed by atoms with Crippen LogP contribution in [0.3, 0.4) is 0 Å². The van der Waals surface area contributed by atoms with Crippen molar-refractivity contribution >= 4 is 27.5 Å². The molecule has 184 valence electrons. The first-order valence-corrected chi connectivity index (χ1v) is 13.1. The minimum Gasteiger partial charge on any atom is -0.486 e. The van der Waals surface area contributed by atoms with Crippen LogP contribution in [0.4, 0.5) is 0 Å². The predicted octanol–water partition coefficient (Wildman–Crippen LogP) is 3.44. The van der Waals surface area contributed by atoms with Crippen molar-refractivity contribution in [1.29, 1.82) is 0 Å². The summed E-state index contributed by atoms with van der Waals surface area (Å²) >= 11 is 6.30. The maximum atomic E-state index is 13.4. The first-order valence-electron chi connectivity index (χ1n) is 11.3. The molecule has 1 saturated heterocycles. The molecule has 2 aromatic carbocycles. The Bertz CT molecular complexity index is 1150. The van der Waals surface area contributed by atoms with Gasteiger partial charge in [-0.05, 0) is 51.1 Å². The molecule has 8 nitrogen and oxygen atoms in total. The summed E-state index contributed by atoms with van der Waals surface area (Å²) in [5.74, 6) is 1.00. The fraction of sp³-hybridized carbons (Fsp3) is 0.458. The van der Waals surface area contributed by atoms with E-state index >= 15 is 0 Å². The van der Waals surface area contributed by atoms with Gasteiger partial charge in [0.2, 0.25) is 10.0 Å². The molecule has 0 unspecified atom stereocenters. The Hall–Kier alpha value is -2.33. The number of morpholine rings is 1. The van der Waals surface area contributed by atoms with Crippen LogP contribution in [0.5, 0.6) is 11.5 Å². The lowest BCUT2D eigenvalue weighted by Gasteiger charge is -2.34. The lowest BCUT2D eigenvalue weighted by atomic mass is 10.2. The molecule has 4 rings (SSSR count). The van der Waals surface area contributed by atoms with Gasteiger partial charge in [0.1, 0.15) is 11.5 Å². The van der Waals surface area contributed by atoms with Crippen molar-refractivity contribution < 1.29 is 27.4 Å². The number of rotatable bonds is 6. The lowest BCUT2D eigenvalue weighted by Crippen LogP contribution is -2.48. The first kappa shape index (κ1) is 24.8. The highest BCUT2D eigenvalue weighted by Crippen LogP contribution is 2.32. The van der Waals surface area contributed by atoms with Crippen molar-refractivity contribution in [3.8, 4) is 11.5 Å². The van der Waals surface area contributed by atoms with Crippen molar-refractivity contribution in [3.05, 3.63) is 53.1 Å². The van der Waals surface area contributed by atoms with Gasteiger partial charge in [-0.3, -0.25) is 4.79 Å². The number of sulfonamides is 1. The number of fused-ring (bicyclic) bond motifs is 1. The molecule has 2 heterocycles. The van der Waals surface area contributed by atoms with E-state index < -0.39 is 10.0 Å². The van der Waals surface area contributed by atoms with Crippen LogP contribution in [0.15, 0.2) is 47.4 Å². The van der Waals surface area contributed by atoms with Crippen molar-refractivity contribution in [2.24, 2.45) is 0 Å². The van der Waals surface area contributed by atoms with Crippen LogP contribution >= 0.6 is 11.6 Å². The van der Waals surface area contributed by atoms with E-state index in [4.69, 9.17) is 25.8 Å². The van der Waals surface area contributed by atoms with E-state index in [1.54, 1.807) is 11.0 Å². The van der Waals surface area contributed by atoms with E-state index in [-0.39, 0.29) is 52.8 Å². The Labute approximate surface area is 205 Å². The van der Waals surface area contributed by atoms with Crippen molar-refractivity contribution in [2.45, 2.75) is 44.0 Å². The van der Waals surface area contributed by atoms with Gasteiger partial charge in [0.05, 0.1) is 23.8 Å². The number of ether oxygens (including phenoxy) is 3. The fourth-order valence-electron chi connectivity index (χ4n) is 4.24. The molecule has 10 heteroatoms. The van der Waals surface area contributed by atoms with Gasteiger partial charge < -0.3 is 19.1 Å². The van der Waals surface area contributed by atoms with E-state index in [0.29, 0.717) is 31.2 Å². The van der Waals surface area contributed by atoms with Gasteiger partial charge in [-0.1, -0.05) is 23.7 Å². The Kier molecular flexibility index (Phi) is 7.37. The highest BCUT2D eigenvalue weighted by Gasteiger charge is 2.34. The molecule has 0 aromatic heterocycles. The third kappa shape index (κ3) is 5.17. The number of nitrogens with zero attached hydrogens (tertiary/aromatic N) is 2. The van der Waals surface area contributed by atoms with Crippen LogP contribution in [0, 0.1) is 0 Å². The third-order valence-electron chi connectivity index (χ3n) is 5.84. The molecule has 0 aliphatic carbocycles. The highest BCUT2D eigenvalue weighted by molar-refractivity contribution is 7.89. The number of amides is 1. The van der Waals surface area contributed by atoms with Gasteiger partial charge in [0.15, 0.2) is 17.6 Å². The minimum absolute atomic E-state index is 0.0759. The number of halogens is 1. The van der Waals surface area contributed by atoms with E-state index in [2.05, 4.69) is 0 Å². The minimum atomic E-state index is -3.90. The molecule has 2 aliphatic rings. The summed E-state index contributed by atoms with van der Waals surface area (Å²) in [6.45, 7) is 7.00. The summed E-state index contributed by atoms with van der Waals surface area (Å²) in [5, 5.41) is 0.0759. The topological polar surface area (TPSA) is 85.4 Å². The van der Waals surface area contributed by atoms with E-state index in [0.717, 1.165) is 0 Å². The number of carbonyl (C=O) groups excluding carboxylic acids is 1. The number of para-hydroxylation sites is 2. The highest BCUT2D eigenvalue weighted by atomic mass is 35.5. The Morgan fingerprint density at radius 1 is 1.12 bits per heavy atom. The van der Waals surface area contributed by atoms with Gasteiger partial charge in [-0.2, -0.15) is 4.31 Å². The molecule has 34 heavy (non-hydrogen) atoms. The zero-order valence-corrected chi connectivity index (χ0v) is 21.0. The number of likely N-dealkylation sites (N-methyl/N-ethyl adjacent to an activating group) is 1. The maximum Gasteiger partial charge on any atom is 0.254 e. The standard InChI is InChI=1S/C24H29ClN2O6S/c1-4-26(14-19-15-31-21-7-5-6-8-22(21)33-19)24(28)18-9-10-20(25)23(11-18)34(29,30)27-12-16(2)32-17(3)13-27/h5-11,16-17,19H,4,12-15H2,1-3H3/t16-,17-,19+/m0/s1. The second kappa shape index (κ2) is 10.1. The SMILES string of the molecule is CCN(C[C@@H]1COc2ccccc2O1)C(=O)c1ccc(Cl)c(S(=O)(=O)N2C[C@H](C)O[C@@H](C)C2)c1. The second-order valence-electron chi connectivity index (χ2n) is 8.57. The van der Waals surface area contributed by atoms with Gasteiger partial charge >= 0.3 is 0 Å². The third-order valence-corrected chi connectivity index (χ3v) is 8.16. The van der Waals surface area contributed by atoms with Crippen LogP contribution < -0.4 is 9.47 Å². The predicted molar refractivity (Wildman–Crippen MR) is 128 cm³/mol. The number of carbonyl (C=O) groups is 1. The average molecular weight is 509 g/mol. The first-order chi connectivity index (χ1) is 16.2. The van der Waals surface area contributed by atoms with Crippen LogP contribution in [0.2, 0.25) is 5.02 Å². The smallest absolute Gasteiger partial charge is 0.254 e. The summed E-state index contributed by atoms with van der Waals surface area (Å²) in [6, 6.07) is 11.8. The molecule has 0 radical (unpaired) electrons. The summed E-state index contributed by atoms with van der Waals surface area (Å²) in [4.78, 5) is 14.9. The zero-order chi connectivity index (χ0) is 24.5. The molecule has 0 N–H and O–H groups in total. The van der Waals surface area contributed by atoms with Crippen LogP contribution in [0.1, 0.15) is 31.1 Å². The molecule has 0 bridgehead atoms. The van der Waals surface area contributed by atoms with E-state index in [1.165, 1.54) is 16.4 Å². The van der Waals surface area contributed by atoms with Gasteiger partial charge in [0.25, 0.3) is 5.91 Å². The van der Waals surface area contributed by atoms with Crippen molar-refractivity contribution in [1.82, 2.24) is 9.21 Å². The zero-order valence-electron chi connectivity index (χ0n) is 19.4. The molecule has 2 aromatic rings. The largest absolute Gasteiger partial charge is 0.486 e. The molecule has 1 fully saturated rings. The van der Waals surface area contributed by atoms with E-state index in [9.17, 15) is 13.2 Å². The number of hydrogen-bond acceptors (Lipinski definition) is 6. The molecular weight excluding hydrogens is 480 g/mol. The summed E-state index contributed by atoms with van der Waals surface area (Å²) in [6.07, 6.45) is -0.813. The molecule has 3 atom stereocenters. The van der Waals surface area contributed by atoms with Gasteiger partial charge in [-0.25, -0.2) is 8.42 Å². The van der Waals surface area contributed by atoms with Gasteiger partial charge in [0, 0.05) is 25.2 Å². The van der Waals surface area contributed by atoms with Crippen LogP contribution in [-0.2, 0) is 14.8 Å². The van der Waals surface area contributed by atoms with Crippen molar-refractivity contribution in [2.75, 3.05) is 32.8 Å². The lowest BCUT2D eigenvalue weighted by molar-refractivity contribution is -0.0440. The summed E-state index contributed by atoms with van der Waals surface area (Å²) in [5.41, 5.74) is 0.247. The van der Waals surface area contributed by atoms with Crippen LogP contribution in [0.25, 0.3) is 0 Å². The van der Waals surface area contributed by atoms with Crippen molar-refractivity contribution in [3.63, 3.8) is 0 Å². The normalized spacial score (nSPS) is 22.9. The Morgan fingerprint density at radius 2 is 1.79 bits per heavy atom. The monoisotopic (exact) mass is 508 g/mol. The summed E-state index contributed by atoms with van der Waals surface area (Å²) in [7, 11) is -3.90. The van der Waals surface area contributed by atoms with E-state index in [1.807, 2.05) is 45.0 Å². The fourth-order valence-corrected chi connectivity index (χ4v) is 6.33. The quantitative estimate of drug-likeness (QED) is 0.594. The molecular formula is C24H29ClN2O6S. The number of hydrogen-bond donors (Lipinski definition) is 0. The Morgan fingerprint density at radius 3 is 2.47 bits per heavy atom. The molecule has 0 spiro atoms. The average Bonchev–Trinajstić information content (AvgIpc) is 2.81. The van der Waals surface area contributed by atoms with Crippen LogP contribution in [-0.4, -0.2) is 74.6 Å². The molecule has 0 saturated carbocycles. The number of benzene rings is 2. The molecule has 1 amide bonds. The second-order valence-corrected chi connectivity index (χ2v) is 10.9.